The normalized spacial score (nSPS) is 10.8. The minimum absolute atomic E-state index is 0.0533. The summed E-state index contributed by atoms with van der Waals surface area (Å²) >= 11 is 0. The third-order valence-electron chi connectivity index (χ3n) is 4.08. The number of hydrogen-bond acceptors (Lipinski definition) is 4. The number of benzene rings is 2. The maximum Gasteiger partial charge on any atom is 0.352 e. The molecule has 3 N–H and O–H groups in total. The van der Waals surface area contributed by atoms with E-state index in [0.29, 0.717) is 6.42 Å². The van der Waals surface area contributed by atoms with Crippen LogP contribution in [-0.4, -0.2) is 28.2 Å². The van der Waals surface area contributed by atoms with Gasteiger partial charge in [-0.1, -0.05) is 24.3 Å². The second-order valence-electron chi connectivity index (χ2n) is 5.57. The number of hydrogen-bond donors (Lipinski definition) is 3. The molecule has 0 fully saturated rings. The molecule has 0 saturated heterocycles. The maximum atomic E-state index is 12.0. The van der Waals surface area contributed by atoms with Gasteiger partial charge in [0, 0.05) is 5.56 Å². The van der Waals surface area contributed by atoms with Crippen molar-refractivity contribution in [2.24, 2.45) is 0 Å². The molecule has 25 heavy (non-hydrogen) atoms. The maximum absolute atomic E-state index is 12.0. The van der Waals surface area contributed by atoms with Gasteiger partial charge in [-0.25, -0.2) is 9.59 Å². The van der Waals surface area contributed by atoms with E-state index in [0.717, 1.165) is 22.1 Å². The number of aromatic nitrogens is 2. The topological polar surface area (TPSA) is 112 Å². The van der Waals surface area contributed by atoms with Crippen LogP contribution in [0.15, 0.2) is 46.0 Å². The summed E-state index contributed by atoms with van der Waals surface area (Å²) in [7, 11) is 1.60. The Hall–Kier alpha value is -3.35. The molecule has 2 aromatic carbocycles. The van der Waals surface area contributed by atoms with Gasteiger partial charge in [-0.05, 0) is 41.3 Å². The van der Waals surface area contributed by atoms with Crippen LogP contribution in [0.25, 0.3) is 10.8 Å². The molecule has 0 unspecified atom stereocenters. The molecule has 0 atom stereocenters. The fraction of sp³-hybridized carbons (Fsp3) is 0.167. The van der Waals surface area contributed by atoms with Crippen LogP contribution in [0.2, 0.25) is 0 Å². The van der Waals surface area contributed by atoms with E-state index >= 15 is 0 Å². The highest BCUT2D eigenvalue weighted by atomic mass is 16.5. The largest absolute Gasteiger partial charge is 0.497 e. The van der Waals surface area contributed by atoms with E-state index in [1.807, 2.05) is 36.4 Å². The number of methoxy groups -OCH3 is 1. The average Bonchev–Trinajstić information content (AvgIpc) is 2.59. The first-order valence-electron chi connectivity index (χ1n) is 7.64. The fourth-order valence-corrected chi connectivity index (χ4v) is 2.87. The third-order valence-corrected chi connectivity index (χ3v) is 4.08. The zero-order chi connectivity index (χ0) is 18.0. The SMILES string of the molecule is COc1ccc2c(CCc3c(C(=O)O)[nH]c(=O)[nH]c3=O)cccc2c1. The van der Waals surface area contributed by atoms with Crippen LogP contribution >= 0.6 is 0 Å². The lowest BCUT2D eigenvalue weighted by Crippen LogP contribution is -2.30. The number of nitrogens with one attached hydrogen (secondary N) is 2. The van der Waals surface area contributed by atoms with E-state index in [1.54, 1.807) is 7.11 Å². The number of fused-ring (bicyclic) bond motifs is 1. The van der Waals surface area contributed by atoms with Crippen LogP contribution in [0.4, 0.5) is 0 Å². The van der Waals surface area contributed by atoms with Gasteiger partial charge in [0.15, 0.2) is 0 Å². The smallest absolute Gasteiger partial charge is 0.352 e. The standard InChI is InChI=1S/C18H16N2O5/c1-25-12-6-8-13-10(3-2-4-11(13)9-12)5-7-14-15(17(22)23)19-18(24)20-16(14)21/h2-4,6,8-9H,5,7H2,1H3,(H,22,23)(H2,19,20,21,24). The molecule has 0 aliphatic heterocycles. The van der Waals surface area contributed by atoms with Gasteiger partial charge in [0.1, 0.15) is 11.4 Å². The molecular formula is C18H16N2O5. The second kappa shape index (κ2) is 6.64. The zero-order valence-electron chi connectivity index (χ0n) is 13.5. The number of H-pyrrole nitrogens is 2. The Morgan fingerprint density at radius 1 is 1.12 bits per heavy atom. The van der Waals surface area contributed by atoms with E-state index in [2.05, 4.69) is 9.97 Å². The third kappa shape index (κ3) is 3.30. The van der Waals surface area contributed by atoms with Gasteiger partial charge in [-0.15, -0.1) is 0 Å². The van der Waals surface area contributed by atoms with Crippen LogP contribution in [0.5, 0.6) is 5.75 Å². The number of aromatic carboxylic acids is 1. The highest BCUT2D eigenvalue weighted by Gasteiger charge is 2.16. The first-order valence-corrected chi connectivity index (χ1v) is 7.64. The summed E-state index contributed by atoms with van der Waals surface area (Å²) < 4.78 is 5.22. The van der Waals surface area contributed by atoms with Gasteiger partial charge < -0.3 is 14.8 Å². The monoisotopic (exact) mass is 340 g/mol. The Balaban J connectivity index is 1.98. The Kier molecular flexibility index (Phi) is 4.38. The van der Waals surface area contributed by atoms with Gasteiger partial charge in [-0.3, -0.25) is 9.78 Å². The van der Waals surface area contributed by atoms with Gasteiger partial charge >= 0.3 is 11.7 Å². The fourth-order valence-electron chi connectivity index (χ4n) is 2.87. The van der Waals surface area contributed by atoms with E-state index < -0.39 is 17.2 Å². The van der Waals surface area contributed by atoms with Crippen molar-refractivity contribution in [3.8, 4) is 5.75 Å². The predicted molar refractivity (Wildman–Crippen MR) is 92.6 cm³/mol. The second-order valence-corrected chi connectivity index (χ2v) is 5.57. The van der Waals surface area contributed by atoms with Crippen molar-refractivity contribution in [1.82, 2.24) is 9.97 Å². The van der Waals surface area contributed by atoms with Crippen molar-refractivity contribution >= 4 is 16.7 Å². The summed E-state index contributed by atoms with van der Waals surface area (Å²) in [6, 6.07) is 11.5. The molecule has 7 heteroatoms. The number of aromatic amines is 2. The Labute approximate surface area is 141 Å². The molecular weight excluding hydrogens is 324 g/mol. The van der Waals surface area contributed by atoms with Gasteiger partial charge in [-0.2, -0.15) is 0 Å². The first-order chi connectivity index (χ1) is 12.0. The van der Waals surface area contributed by atoms with E-state index in [4.69, 9.17) is 4.74 Å². The van der Waals surface area contributed by atoms with Crippen LogP contribution in [-0.2, 0) is 12.8 Å². The molecule has 0 saturated carbocycles. The Bertz CT molecular complexity index is 1060. The molecule has 0 aliphatic carbocycles. The van der Waals surface area contributed by atoms with E-state index in [9.17, 15) is 19.5 Å². The Morgan fingerprint density at radius 2 is 1.92 bits per heavy atom. The van der Waals surface area contributed by atoms with Crippen molar-refractivity contribution in [3.05, 3.63) is 74.1 Å². The van der Waals surface area contributed by atoms with Gasteiger partial charge in [0.25, 0.3) is 5.56 Å². The summed E-state index contributed by atoms with van der Waals surface area (Å²) in [6.45, 7) is 0. The van der Waals surface area contributed by atoms with Gasteiger partial charge in [0.05, 0.1) is 7.11 Å². The quantitative estimate of drug-likeness (QED) is 0.654. The summed E-state index contributed by atoms with van der Waals surface area (Å²) in [5.41, 5.74) is -0.846. The molecule has 1 heterocycles. The molecule has 3 aromatic rings. The highest BCUT2D eigenvalue weighted by Crippen LogP contribution is 2.24. The van der Waals surface area contributed by atoms with Crippen molar-refractivity contribution < 1.29 is 14.6 Å². The summed E-state index contributed by atoms with van der Waals surface area (Å²) in [6.07, 6.45) is 0.651. The predicted octanol–water partition coefficient (Wildman–Crippen LogP) is 1.71. The number of aryl methyl sites for hydroxylation is 1. The Morgan fingerprint density at radius 3 is 2.64 bits per heavy atom. The number of carbonyl (C=O) groups is 1. The number of carboxylic acids is 1. The van der Waals surface area contributed by atoms with Crippen molar-refractivity contribution in [3.63, 3.8) is 0 Å². The lowest BCUT2D eigenvalue weighted by atomic mass is 9.98. The molecule has 128 valence electrons. The molecule has 0 radical (unpaired) electrons. The van der Waals surface area contributed by atoms with E-state index in [-0.39, 0.29) is 17.7 Å². The van der Waals surface area contributed by atoms with E-state index in [1.165, 1.54) is 0 Å². The molecule has 0 amide bonds. The van der Waals surface area contributed by atoms with Crippen molar-refractivity contribution in [1.29, 1.82) is 0 Å². The lowest BCUT2D eigenvalue weighted by Gasteiger charge is -2.09. The summed E-state index contributed by atoms with van der Waals surface area (Å²) in [5, 5.41) is 11.2. The number of rotatable bonds is 5. The molecule has 0 bridgehead atoms. The number of carboxylic acid groups (broad SMARTS) is 1. The molecule has 0 aliphatic rings. The molecule has 0 spiro atoms. The minimum Gasteiger partial charge on any atom is -0.497 e. The van der Waals surface area contributed by atoms with Crippen LogP contribution in [0, 0.1) is 0 Å². The first kappa shape index (κ1) is 16.5. The number of ether oxygens (including phenoxy) is 1. The summed E-state index contributed by atoms with van der Waals surface area (Å²) in [5.74, 6) is -0.587. The van der Waals surface area contributed by atoms with Crippen LogP contribution in [0.1, 0.15) is 21.6 Å². The molecule has 3 rings (SSSR count). The molecule has 7 nitrogen and oxygen atoms in total. The molecule has 1 aromatic heterocycles. The van der Waals surface area contributed by atoms with Crippen LogP contribution < -0.4 is 16.0 Å². The lowest BCUT2D eigenvalue weighted by molar-refractivity contribution is 0.0688. The van der Waals surface area contributed by atoms with Crippen LogP contribution in [0.3, 0.4) is 0 Å². The van der Waals surface area contributed by atoms with Crippen molar-refractivity contribution in [2.75, 3.05) is 7.11 Å². The average molecular weight is 340 g/mol. The van der Waals surface area contributed by atoms with Gasteiger partial charge in [0.2, 0.25) is 0 Å². The zero-order valence-corrected chi connectivity index (χ0v) is 13.5. The highest BCUT2D eigenvalue weighted by molar-refractivity contribution is 5.88. The van der Waals surface area contributed by atoms with Crippen molar-refractivity contribution in [2.45, 2.75) is 12.8 Å². The summed E-state index contributed by atoms with van der Waals surface area (Å²) in [4.78, 5) is 38.8. The minimum atomic E-state index is -1.33.